The van der Waals surface area contributed by atoms with E-state index in [2.05, 4.69) is 28.9 Å². The van der Waals surface area contributed by atoms with Gasteiger partial charge in [-0.1, -0.05) is 40.2 Å². The second-order valence-electron chi connectivity index (χ2n) is 4.43. The van der Waals surface area contributed by atoms with E-state index in [1.54, 1.807) is 0 Å². The summed E-state index contributed by atoms with van der Waals surface area (Å²) in [4.78, 5) is 0. The van der Waals surface area contributed by atoms with Gasteiger partial charge in [0.25, 0.3) is 0 Å². The van der Waals surface area contributed by atoms with Crippen molar-refractivity contribution in [1.82, 2.24) is 0 Å². The number of hydrogen-bond acceptors (Lipinski definition) is 2. The highest BCUT2D eigenvalue weighted by Gasteiger charge is 2.12. The maximum Gasteiger partial charge on any atom is 0.119 e. The van der Waals surface area contributed by atoms with Crippen LogP contribution in [0, 0.1) is 6.92 Å². The molecule has 2 rings (SSSR count). The van der Waals surface area contributed by atoms with Crippen LogP contribution in [0.1, 0.15) is 29.7 Å². The largest absolute Gasteiger partial charge is 0.494 e. The number of hydrogen-bond donors (Lipinski definition) is 1. The first-order valence-corrected chi connectivity index (χ1v) is 7.16. The molecule has 0 saturated heterocycles. The Bertz CT molecular complexity index is 551. The molecule has 0 fully saturated rings. The predicted molar refractivity (Wildman–Crippen MR) is 82.5 cm³/mol. The fourth-order valence-corrected chi connectivity index (χ4v) is 2.46. The second kappa shape index (κ2) is 6.22. The Labute approximate surface area is 122 Å². The molecule has 0 aliphatic heterocycles. The smallest absolute Gasteiger partial charge is 0.119 e. The van der Waals surface area contributed by atoms with E-state index in [9.17, 15) is 0 Å². The summed E-state index contributed by atoms with van der Waals surface area (Å²) in [5.74, 6) is 0.879. The molecule has 1 atom stereocenters. The maximum absolute atomic E-state index is 6.35. The molecule has 3 heteroatoms. The van der Waals surface area contributed by atoms with Crippen LogP contribution in [-0.4, -0.2) is 6.61 Å². The third kappa shape index (κ3) is 3.17. The minimum absolute atomic E-state index is 0.117. The Kier molecular flexibility index (Phi) is 4.61. The number of nitrogens with two attached hydrogens (primary N) is 1. The molecule has 0 spiro atoms. The van der Waals surface area contributed by atoms with Crippen molar-refractivity contribution >= 4 is 15.9 Å². The van der Waals surface area contributed by atoms with Gasteiger partial charge in [-0.3, -0.25) is 0 Å². The van der Waals surface area contributed by atoms with Gasteiger partial charge >= 0.3 is 0 Å². The van der Waals surface area contributed by atoms with Crippen LogP contribution in [0.3, 0.4) is 0 Å². The Hall–Kier alpha value is -1.32. The van der Waals surface area contributed by atoms with Gasteiger partial charge in [-0.15, -0.1) is 0 Å². The molecular formula is C16H18BrNO. The quantitative estimate of drug-likeness (QED) is 0.916. The van der Waals surface area contributed by atoms with Crippen molar-refractivity contribution in [2.24, 2.45) is 5.73 Å². The van der Waals surface area contributed by atoms with E-state index in [4.69, 9.17) is 10.5 Å². The first-order chi connectivity index (χ1) is 9.13. The molecule has 2 nitrogen and oxygen atoms in total. The molecule has 2 aromatic carbocycles. The van der Waals surface area contributed by atoms with Crippen LogP contribution >= 0.6 is 15.9 Å². The topological polar surface area (TPSA) is 35.2 Å². The molecule has 0 heterocycles. The van der Waals surface area contributed by atoms with Crippen molar-refractivity contribution in [1.29, 1.82) is 0 Å². The van der Waals surface area contributed by atoms with Crippen molar-refractivity contribution < 1.29 is 4.74 Å². The first kappa shape index (κ1) is 14.1. The normalized spacial score (nSPS) is 12.2. The third-order valence-corrected chi connectivity index (χ3v) is 4.05. The zero-order valence-electron chi connectivity index (χ0n) is 11.2. The first-order valence-electron chi connectivity index (χ1n) is 6.36. The average Bonchev–Trinajstić information content (AvgIpc) is 2.42. The third-order valence-electron chi connectivity index (χ3n) is 3.19. The van der Waals surface area contributed by atoms with Crippen LogP contribution < -0.4 is 10.5 Å². The molecule has 0 aliphatic carbocycles. The Morgan fingerprint density at radius 3 is 2.47 bits per heavy atom. The van der Waals surface area contributed by atoms with E-state index in [0.29, 0.717) is 6.61 Å². The average molecular weight is 320 g/mol. The number of benzene rings is 2. The van der Waals surface area contributed by atoms with E-state index in [1.165, 1.54) is 5.56 Å². The molecule has 0 aliphatic rings. The molecule has 2 N–H and O–H groups in total. The van der Waals surface area contributed by atoms with Crippen molar-refractivity contribution in [3.8, 4) is 5.75 Å². The summed E-state index contributed by atoms with van der Waals surface area (Å²) in [6.07, 6.45) is 0. The highest BCUT2D eigenvalue weighted by Crippen LogP contribution is 2.28. The fraction of sp³-hybridized carbons (Fsp3) is 0.250. The zero-order valence-corrected chi connectivity index (χ0v) is 12.8. The standard InChI is InChI=1S/C16H18BrNO/c1-3-19-13-9-7-12(8-10-13)16(18)14-5-4-6-15(17)11(14)2/h4-10,16H,3,18H2,1-2H3. The highest BCUT2D eigenvalue weighted by atomic mass is 79.9. The van der Waals surface area contributed by atoms with Gasteiger partial charge in [-0.2, -0.15) is 0 Å². The van der Waals surface area contributed by atoms with Crippen LogP contribution in [-0.2, 0) is 0 Å². The molecule has 1 unspecified atom stereocenters. The van der Waals surface area contributed by atoms with Gasteiger partial charge in [-0.25, -0.2) is 0 Å². The lowest BCUT2D eigenvalue weighted by Crippen LogP contribution is -2.13. The van der Waals surface area contributed by atoms with E-state index in [-0.39, 0.29) is 6.04 Å². The number of rotatable bonds is 4. The number of halogens is 1. The summed E-state index contributed by atoms with van der Waals surface area (Å²) in [5, 5.41) is 0. The molecule has 2 aromatic rings. The predicted octanol–water partition coefficient (Wildman–Crippen LogP) is 4.20. The summed E-state index contributed by atoms with van der Waals surface area (Å²) >= 11 is 3.54. The van der Waals surface area contributed by atoms with Crippen LogP contribution in [0.4, 0.5) is 0 Å². The van der Waals surface area contributed by atoms with Gasteiger partial charge in [-0.05, 0) is 48.7 Å². The summed E-state index contributed by atoms with van der Waals surface area (Å²) in [5.41, 5.74) is 9.76. The molecule has 0 saturated carbocycles. The second-order valence-corrected chi connectivity index (χ2v) is 5.29. The highest BCUT2D eigenvalue weighted by molar-refractivity contribution is 9.10. The Balaban J connectivity index is 2.28. The van der Waals surface area contributed by atoms with E-state index in [0.717, 1.165) is 21.3 Å². The van der Waals surface area contributed by atoms with Crippen molar-refractivity contribution in [3.63, 3.8) is 0 Å². The lowest BCUT2D eigenvalue weighted by Gasteiger charge is -2.16. The molecule has 100 valence electrons. The molecular weight excluding hydrogens is 302 g/mol. The summed E-state index contributed by atoms with van der Waals surface area (Å²) < 4.78 is 6.53. The SMILES string of the molecule is CCOc1ccc(C(N)c2cccc(Br)c2C)cc1. The van der Waals surface area contributed by atoms with Gasteiger partial charge in [0.1, 0.15) is 5.75 Å². The van der Waals surface area contributed by atoms with Crippen molar-refractivity contribution in [2.45, 2.75) is 19.9 Å². The van der Waals surface area contributed by atoms with Crippen LogP contribution in [0.15, 0.2) is 46.9 Å². The van der Waals surface area contributed by atoms with Crippen molar-refractivity contribution in [3.05, 3.63) is 63.6 Å². The Morgan fingerprint density at radius 2 is 1.84 bits per heavy atom. The fourth-order valence-electron chi connectivity index (χ4n) is 2.08. The van der Waals surface area contributed by atoms with Crippen LogP contribution in [0.2, 0.25) is 0 Å². The molecule has 0 amide bonds. The van der Waals surface area contributed by atoms with Crippen LogP contribution in [0.5, 0.6) is 5.75 Å². The zero-order chi connectivity index (χ0) is 13.8. The van der Waals surface area contributed by atoms with E-state index < -0.39 is 0 Å². The van der Waals surface area contributed by atoms with Crippen molar-refractivity contribution in [2.75, 3.05) is 6.61 Å². The summed E-state index contributed by atoms with van der Waals surface area (Å²) in [7, 11) is 0. The van der Waals surface area contributed by atoms with Gasteiger partial charge < -0.3 is 10.5 Å². The summed E-state index contributed by atoms with van der Waals surface area (Å²) in [6, 6.07) is 14.0. The maximum atomic E-state index is 6.35. The molecule has 19 heavy (non-hydrogen) atoms. The van der Waals surface area contributed by atoms with Gasteiger partial charge in [0.2, 0.25) is 0 Å². The van der Waals surface area contributed by atoms with Crippen LogP contribution in [0.25, 0.3) is 0 Å². The lowest BCUT2D eigenvalue weighted by atomic mass is 9.96. The molecule has 0 radical (unpaired) electrons. The Morgan fingerprint density at radius 1 is 1.16 bits per heavy atom. The van der Waals surface area contributed by atoms with Gasteiger partial charge in [0.15, 0.2) is 0 Å². The van der Waals surface area contributed by atoms with E-state index in [1.807, 2.05) is 43.3 Å². The minimum Gasteiger partial charge on any atom is -0.494 e. The number of ether oxygens (including phenoxy) is 1. The molecule has 0 aromatic heterocycles. The van der Waals surface area contributed by atoms with Gasteiger partial charge in [0.05, 0.1) is 12.6 Å². The minimum atomic E-state index is -0.117. The lowest BCUT2D eigenvalue weighted by molar-refractivity contribution is 0.340. The molecule has 0 bridgehead atoms. The van der Waals surface area contributed by atoms with Gasteiger partial charge in [0, 0.05) is 4.47 Å². The summed E-state index contributed by atoms with van der Waals surface area (Å²) in [6.45, 7) is 4.73. The van der Waals surface area contributed by atoms with E-state index >= 15 is 0 Å². The monoisotopic (exact) mass is 319 g/mol.